The molecule has 7 N–H and O–H groups in total. The highest BCUT2D eigenvalue weighted by Crippen LogP contribution is 2.25. The van der Waals surface area contributed by atoms with E-state index in [1.165, 1.54) is 72.8 Å². The van der Waals surface area contributed by atoms with Crippen molar-refractivity contribution in [3.05, 3.63) is 123 Å². The van der Waals surface area contributed by atoms with Crippen LogP contribution < -0.4 is 21.1 Å². The van der Waals surface area contributed by atoms with Crippen molar-refractivity contribution < 1.29 is 44.0 Å². The Balaban J connectivity index is 1.49. The van der Waals surface area contributed by atoms with E-state index in [1.54, 1.807) is 6.07 Å². The Kier molecular flexibility index (Phi) is 10.6. The summed E-state index contributed by atoms with van der Waals surface area (Å²) in [7, 11) is 0. The highest BCUT2D eigenvalue weighted by atomic mass is 16.5. The second kappa shape index (κ2) is 15.0. The number of hydrogen-bond donors (Lipinski definition) is 6. The Bertz CT molecular complexity index is 1930. The number of carboxylic acid groups (broad SMARTS) is 2. The molecule has 0 saturated carbocycles. The monoisotopic (exact) mass is 636 g/mol. The van der Waals surface area contributed by atoms with E-state index in [4.69, 9.17) is 15.6 Å². The molecular formula is C34H28N4O9. The van der Waals surface area contributed by atoms with E-state index in [9.17, 15) is 39.4 Å². The number of nitrogens with zero attached hydrogens (tertiary/aromatic N) is 1. The molecule has 13 nitrogen and oxygen atoms in total. The van der Waals surface area contributed by atoms with Crippen LogP contribution in [-0.4, -0.2) is 51.6 Å². The third-order valence-electron chi connectivity index (χ3n) is 6.93. The Hall–Kier alpha value is -6.52. The van der Waals surface area contributed by atoms with Gasteiger partial charge in [0.25, 0.3) is 17.7 Å². The van der Waals surface area contributed by atoms with Crippen LogP contribution in [0.2, 0.25) is 0 Å². The molecule has 13 heteroatoms. The van der Waals surface area contributed by atoms with Crippen molar-refractivity contribution in [1.82, 2.24) is 0 Å². The molecule has 0 aliphatic heterocycles. The summed E-state index contributed by atoms with van der Waals surface area (Å²) in [4.78, 5) is 61.4. The number of aromatic carboxylic acids is 2. The van der Waals surface area contributed by atoms with Gasteiger partial charge in [0.05, 0.1) is 39.1 Å². The molecule has 0 heterocycles. The highest BCUT2D eigenvalue weighted by Gasteiger charge is 2.21. The quantitative estimate of drug-likeness (QED) is 0.123. The minimum absolute atomic E-state index is 0.0274. The van der Waals surface area contributed by atoms with E-state index in [0.29, 0.717) is 18.4 Å². The van der Waals surface area contributed by atoms with Gasteiger partial charge in [-0.2, -0.15) is 5.26 Å². The molecule has 3 amide bonds. The number of amides is 3. The normalized spacial score (nSPS) is 10.4. The van der Waals surface area contributed by atoms with Gasteiger partial charge >= 0.3 is 11.9 Å². The highest BCUT2D eigenvalue weighted by molar-refractivity contribution is 6.13. The summed E-state index contributed by atoms with van der Waals surface area (Å²) < 4.78 is 5.75. The van der Waals surface area contributed by atoms with Crippen LogP contribution in [0.1, 0.15) is 74.9 Å². The number of benzene rings is 4. The molecule has 0 aliphatic carbocycles. The predicted molar refractivity (Wildman–Crippen MR) is 169 cm³/mol. The van der Waals surface area contributed by atoms with Crippen molar-refractivity contribution >= 4 is 41.0 Å². The third-order valence-corrected chi connectivity index (χ3v) is 6.93. The first kappa shape index (κ1) is 33.4. The topological polar surface area (TPSA) is 229 Å². The predicted octanol–water partition coefficient (Wildman–Crippen LogP) is 4.06. The molecule has 4 aromatic carbocycles. The van der Waals surface area contributed by atoms with Gasteiger partial charge in [0.2, 0.25) is 0 Å². The van der Waals surface area contributed by atoms with Crippen LogP contribution in [0.15, 0.2) is 78.9 Å². The van der Waals surface area contributed by atoms with Gasteiger partial charge in [-0.1, -0.05) is 24.3 Å². The number of primary amides is 1. The number of aliphatic hydroxyl groups excluding tert-OH is 1. The zero-order valence-corrected chi connectivity index (χ0v) is 24.6. The molecule has 4 rings (SSSR count). The van der Waals surface area contributed by atoms with Gasteiger partial charge < -0.3 is 36.4 Å². The number of nitrogens with one attached hydrogen (secondary N) is 2. The van der Waals surface area contributed by atoms with Crippen molar-refractivity contribution in [2.45, 2.75) is 19.4 Å². The zero-order chi connectivity index (χ0) is 34.1. The molecule has 0 unspecified atom stereocenters. The van der Waals surface area contributed by atoms with E-state index in [-0.39, 0.29) is 63.7 Å². The molecule has 4 aromatic rings. The summed E-state index contributed by atoms with van der Waals surface area (Å²) in [5, 5.41) is 43.0. The summed E-state index contributed by atoms with van der Waals surface area (Å²) in [6.07, 6.45) is 0.951. The number of aliphatic hydroxyl groups is 1. The van der Waals surface area contributed by atoms with Crippen LogP contribution in [0.4, 0.5) is 11.4 Å². The number of nitrogens with two attached hydrogens (primary N) is 1. The van der Waals surface area contributed by atoms with Gasteiger partial charge in [-0.05, 0) is 78.6 Å². The van der Waals surface area contributed by atoms with Crippen molar-refractivity contribution in [3.8, 4) is 11.8 Å². The van der Waals surface area contributed by atoms with Gasteiger partial charge in [-0.15, -0.1) is 0 Å². The number of carbonyl (C=O) groups is 5. The molecule has 0 aliphatic rings. The number of anilines is 2. The average molecular weight is 637 g/mol. The minimum atomic E-state index is -1.39. The van der Waals surface area contributed by atoms with Gasteiger partial charge in [0.1, 0.15) is 18.4 Å². The van der Waals surface area contributed by atoms with Gasteiger partial charge in [-0.25, -0.2) is 9.59 Å². The molecule has 0 fully saturated rings. The summed E-state index contributed by atoms with van der Waals surface area (Å²) >= 11 is 0. The molecule has 0 spiro atoms. The number of carboxylic acids is 2. The first-order valence-corrected chi connectivity index (χ1v) is 14.0. The molecule has 0 bridgehead atoms. The molecule has 0 radical (unpaired) electrons. The number of aryl methyl sites for hydroxylation is 1. The van der Waals surface area contributed by atoms with E-state index in [0.717, 1.165) is 5.56 Å². The standard InChI is InChI=1S/C34H28N4O9/c35-17-21-16-22(37-31(41)23-5-1-2-6-25(23)33(43)44)9-12-29(21)47-18-20-7-10-24(26(15-20)34(45)46)32(42)38-28-11-8-19(4-3-13-39)14-27(28)30(36)40/h1-2,5-12,14-16,39H,3-4,13,18H2,(H2,36,40)(H,37,41)(H,38,42)(H,43,44)(H,45,46). The smallest absolute Gasteiger partial charge is 0.336 e. The molecule has 238 valence electrons. The van der Waals surface area contributed by atoms with Crippen molar-refractivity contribution in [2.24, 2.45) is 5.73 Å². The van der Waals surface area contributed by atoms with Crippen LogP contribution in [0.3, 0.4) is 0 Å². The number of ether oxygens (including phenoxy) is 1. The number of nitriles is 1. The average Bonchev–Trinajstić information content (AvgIpc) is 3.06. The van der Waals surface area contributed by atoms with Crippen LogP contribution in [-0.2, 0) is 13.0 Å². The van der Waals surface area contributed by atoms with Crippen LogP contribution in [0.5, 0.6) is 5.75 Å². The van der Waals surface area contributed by atoms with E-state index >= 15 is 0 Å². The number of hydrogen-bond acceptors (Lipinski definition) is 8. The van der Waals surface area contributed by atoms with Gasteiger partial charge in [0, 0.05) is 12.3 Å². The summed E-state index contributed by atoms with van der Waals surface area (Å²) in [5.41, 5.74) is 6.15. The van der Waals surface area contributed by atoms with E-state index < -0.39 is 29.7 Å². The second-order valence-electron chi connectivity index (χ2n) is 10.1. The van der Waals surface area contributed by atoms with Gasteiger partial charge in [0.15, 0.2) is 0 Å². The Morgan fingerprint density at radius 2 is 1.38 bits per heavy atom. The zero-order valence-electron chi connectivity index (χ0n) is 24.6. The minimum Gasteiger partial charge on any atom is -0.488 e. The lowest BCUT2D eigenvalue weighted by Gasteiger charge is -2.14. The van der Waals surface area contributed by atoms with Crippen molar-refractivity contribution in [2.75, 3.05) is 17.2 Å². The molecule has 0 saturated heterocycles. The summed E-state index contributed by atoms with van der Waals surface area (Å²) in [6.45, 7) is -0.224. The summed E-state index contributed by atoms with van der Waals surface area (Å²) in [6, 6.07) is 20.5. The molecule has 0 aromatic heterocycles. The maximum Gasteiger partial charge on any atom is 0.336 e. The third kappa shape index (κ3) is 8.15. The Morgan fingerprint density at radius 3 is 2.04 bits per heavy atom. The maximum atomic E-state index is 13.1. The number of carbonyl (C=O) groups excluding carboxylic acids is 3. The fraction of sp³-hybridized carbons (Fsp3) is 0.118. The summed E-state index contributed by atoms with van der Waals surface area (Å²) in [5.74, 6) is -4.82. The van der Waals surface area contributed by atoms with E-state index in [1.807, 2.05) is 6.07 Å². The lowest BCUT2D eigenvalue weighted by Crippen LogP contribution is -2.20. The number of rotatable bonds is 13. The first-order chi connectivity index (χ1) is 22.5. The van der Waals surface area contributed by atoms with Gasteiger partial charge in [-0.3, -0.25) is 14.4 Å². The van der Waals surface area contributed by atoms with Crippen LogP contribution in [0.25, 0.3) is 0 Å². The molecule has 0 atom stereocenters. The van der Waals surface area contributed by atoms with Crippen LogP contribution >= 0.6 is 0 Å². The Labute approximate surface area is 267 Å². The fourth-order valence-electron chi connectivity index (χ4n) is 4.64. The van der Waals surface area contributed by atoms with Crippen LogP contribution in [0, 0.1) is 11.3 Å². The van der Waals surface area contributed by atoms with Crippen molar-refractivity contribution in [3.63, 3.8) is 0 Å². The van der Waals surface area contributed by atoms with Crippen molar-refractivity contribution in [1.29, 1.82) is 5.26 Å². The van der Waals surface area contributed by atoms with E-state index in [2.05, 4.69) is 10.6 Å². The Morgan fingerprint density at radius 1 is 0.745 bits per heavy atom. The lowest BCUT2D eigenvalue weighted by molar-refractivity contribution is 0.0683. The fourth-order valence-corrected chi connectivity index (χ4v) is 4.64. The SMILES string of the molecule is N#Cc1cc(NC(=O)c2ccccc2C(=O)O)ccc1OCc1ccc(C(=O)Nc2ccc(CCCO)cc2C(N)=O)c(C(=O)O)c1. The first-order valence-electron chi connectivity index (χ1n) is 14.0. The molecular weight excluding hydrogens is 608 g/mol. The molecule has 47 heavy (non-hydrogen) atoms. The lowest BCUT2D eigenvalue weighted by atomic mass is 10.0. The largest absolute Gasteiger partial charge is 0.488 e. The maximum absolute atomic E-state index is 13.1. The second-order valence-corrected chi connectivity index (χ2v) is 10.1.